The highest BCUT2D eigenvalue weighted by atomic mass is 35.7. The molecule has 1 amide bonds. The summed E-state index contributed by atoms with van der Waals surface area (Å²) in [5, 5.41) is 2.81. The summed E-state index contributed by atoms with van der Waals surface area (Å²) in [4.78, 5) is 11.6. The Labute approximate surface area is 123 Å². The van der Waals surface area contributed by atoms with Gasteiger partial charge in [0.25, 0.3) is 9.05 Å². The lowest BCUT2D eigenvalue weighted by atomic mass is 10.1. The molecule has 0 bridgehead atoms. The van der Waals surface area contributed by atoms with Crippen LogP contribution in [-0.4, -0.2) is 27.5 Å². The van der Waals surface area contributed by atoms with Gasteiger partial charge in [-0.3, -0.25) is 4.79 Å². The van der Waals surface area contributed by atoms with Crippen molar-refractivity contribution in [2.45, 2.75) is 37.6 Å². The van der Waals surface area contributed by atoms with E-state index in [1.165, 1.54) is 19.2 Å². The minimum absolute atomic E-state index is 0.0805. The third-order valence-electron chi connectivity index (χ3n) is 2.88. The van der Waals surface area contributed by atoms with Gasteiger partial charge in [-0.2, -0.15) is 0 Å². The van der Waals surface area contributed by atoms with Crippen LogP contribution in [0.25, 0.3) is 0 Å². The van der Waals surface area contributed by atoms with Crippen LogP contribution in [0.1, 0.15) is 25.8 Å². The Bertz CT molecular complexity index is 586. The summed E-state index contributed by atoms with van der Waals surface area (Å²) in [7, 11) is 2.79. The van der Waals surface area contributed by atoms with Gasteiger partial charge < -0.3 is 10.1 Å². The lowest BCUT2D eigenvalue weighted by molar-refractivity contribution is -0.121. The van der Waals surface area contributed by atoms with Crippen LogP contribution in [-0.2, 0) is 20.3 Å². The van der Waals surface area contributed by atoms with E-state index in [4.69, 9.17) is 15.4 Å². The second-order valence-electron chi connectivity index (χ2n) is 4.48. The molecule has 0 saturated carbocycles. The Kier molecular flexibility index (Phi) is 5.83. The van der Waals surface area contributed by atoms with Gasteiger partial charge in [0.05, 0.1) is 13.5 Å². The van der Waals surface area contributed by atoms with Crippen LogP contribution in [0.3, 0.4) is 0 Å². The first-order valence-corrected chi connectivity index (χ1v) is 8.49. The molecule has 0 aliphatic carbocycles. The number of amides is 1. The molecule has 20 heavy (non-hydrogen) atoms. The number of rotatable bonds is 6. The second kappa shape index (κ2) is 6.95. The average molecular weight is 320 g/mol. The summed E-state index contributed by atoms with van der Waals surface area (Å²) in [5.41, 5.74) is 0.561. The minimum Gasteiger partial charge on any atom is -0.495 e. The quantitative estimate of drug-likeness (QED) is 0.815. The summed E-state index contributed by atoms with van der Waals surface area (Å²) >= 11 is 0. The van der Waals surface area contributed by atoms with Gasteiger partial charge >= 0.3 is 0 Å². The first kappa shape index (κ1) is 16.8. The SMILES string of the molecule is CCC(C)NC(=O)Cc1ccc(OC)c(S(=O)(=O)Cl)c1. The van der Waals surface area contributed by atoms with E-state index in [1.54, 1.807) is 6.07 Å². The molecule has 5 nitrogen and oxygen atoms in total. The first-order valence-electron chi connectivity index (χ1n) is 6.18. The largest absolute Gasteiger partial charge is 0.495 e. The van der Waals surface area contributed by atoms with Crippen LogP contribution in [0, 0.1) is 0 Å². The number of halogens is 1. The lowest BCUT2D eigenvalue weighted by Crippen LogP contribution is -2.33. The van der Waals surface area contributed by atoms with Crippen molar-refractivity contribution in [1.29, 1.82) is 0 Å². The molecule has 0 fully saturated rings. The van der Waals surface area contributed by atoms with Crippen LogP contribution < -0.4 is 10.1 Å². The third kappa shape index (κ3) is 4.68. The van der Waals surface area contributed by atoms with Crippen LogP contribution in [0.15, 0.2) is 23.1 Å². The summed E-state index contributed by atoms with van der Waals surface area (Å²) in [6, 6.07) is 4.57. The fourth-order valence-corrected chi connectivity index (χ4v) is 2.68. The Morgan fingerprint density at radius 2 is 2.10 bits per heavy atom. The highest BCUT2D eigenvalue weighted by molar-refractivity contribution is 8.13. The maximum Gasteiger partial charge on any atom is 0.264 e. The number of carbonyl (C=O) groups is 1. The normalized spacial score (nSPS) is 12.8. The number of benzene rings is 1. The molecule has 0 aromatic heterocycles. The van der Waals surface area contributed by atoms with E-state index in [0.717, 1.165) is 6.42 Å². The van der Waals surface area contributed by atoms with E-state index < -0.39 is 9.05 Å². The van der Waals surface area contributed by atoms with E-state index >= 15 is 0 Å². The molecule has 1 N–H and O–H groups in total. The molecule has 1 aromatic carbocycles. The predicted molar refractivity (Wildman–Crippen MR) is 77.6 cm³/mol. The van der Waals surface area contributed by atoms with Gasteiger partial charge in [-0.05, 0) is 31.0 Å². The van der Waals surface area contributed by atoms with Gasteiger partial charge in [-0.1, -0.05) is 13.0 Å². The minimum atomic E-state index is -3.92. The zero-order valence-corrected chi connectivity index (χ0v) is 13.2. The lowest BCUT2D eigenvalue weighted by Gasteiger charge is -2.12. The average Bonchev–Trinajstić information content (AvgIpc) is 2.37. The van der Waals surface area contributed by atoms with Gasteiger partial charge in [0.15, 0.2) is 0 Å². The summed E-state index contributed by atoms with van der Waals surface area (Å²) in [6.07, 6.45) is 0.920. The fraction of sp³-hybridized carbons (Fsp3) is 0.462. The Morgan fingerprint density at radius 1 is 1.45 bits per heavy atom. The maximum absolute atomic E-state index is 11.8. The zero-order valence-electron chi connectivity index (χ0n) is 11.6. The van der Waals surface area contributed by atoms with Crippen molar-refractivity contribution in [3.8, 4) is 5.75 Å². The van der Waals surface area contributed by atoms with Crippen molar-refractivity contribution >= 4 is 25.6 Å². The van der Waals surface area contributed by atoms with E-state index in [2.05, 4.69) is 5.32 Å². The van der Waals surface area contributed by atoms with Gasteiger partial charge in [-0.15, -0.1) is 0 Å². The molecule has 0 radical (unpaired) electrons. The van der Waals surface area contributed by atoms with Crippen molar-refractivity contribution in [3.63, 3.8) is 0 Å². The molecule has 1 unspecified atom stereocenters. The van der Waals surface area contributed by atoms with Crippen molar-refractivity contribution in [2.75, 3.05) is 7.11 Å². The van der Waals surface area contributed by atoms with Gasteiger partial charge in [-0.25, -0.2) is 8.42 Å². The number of methoxy groups -OCH3 is 1. The zero-order chi connectivity index (χ0) is 15.3. The van der Waals surface area contributed by atoms with Crippen LogP contribution in [0.2, 0.25) is 0 Å². The third-order valence-corrected chi connectivity index (χ3v) is 4.22. The summed E-state index contributed by atoms with van der Waals surface area (Å²) in [5.74, 6) is -0.00600. The highest BCUT2D eigenvalue weighted by Crippen LogP contribution is 2.27. The van der Waals surface area contributed by atoms with Crippen LogP contribution >= 0.6 is 10.7 Å². The van der Waals surface area contributed by atoms with Crippen molar-refractivity contribution in [3.05, 3.63) is 23.8 Å². The molecule has 1 rings (SSSR count). The fourth-order valence-electron chi connectivity index (χ4n) is 1.63. The standard InChI is InChI=1S/C13H18ClNO4S/c1-4-9(2)15-13(16)8-10-5-6-11(19-3)12(7-10)20(14,17)18/h5-7,9H,4,8H2,1-3H3,(H,15,16). The van der Waals surface area contributed by atoms with Gasteiger partial charge in [0.2, 0.25) is 5.91 Å². The summed E-state index contributed by atoms with van der Waals surface area (Å²) in [6.45, 7) is 3.87. The molecular weight excluding hydrogens is 302 g/mol. The topological polar surface area (TPSA) is 72.5 Å². The molecule has 0 aliphatic heterocycles. The Hall–Kier alpha value is -1.27. The molecule has 0 heterocycles. The van der Waals surface area contributed by atoms with Crippen molar-refractivity contribution in [1.82, 2.24) is 5.32 Å². The smallest absolute Gasteiger partial charge is 0.264 e. The van der Waals surface area contributed by atoms with Gasteiger partial charge in [0.1, 0.15) is 10.6 Å². The summed E-state index contributed by atoms with van der Waals surface area (Å²) < 4.78 is 27.9. The van der Waals surface area contributed by atoms with Gasteiger partial charge in [0, 0.05) is 16.7 Å². The predicted octanol–water partition coefficient (Wildman–Crippen LogP) is 2.08. The van der Waals surface area contributed by atoms with Crippen molar-refractivity contribution < 1.29 is 17.9 Å². The highest BCUT2D eigenvalue weighted by Gasteiger charge is 2.18. The molecule has 0 aliphatic rings. The molecular formula is C13H18ClNO4S. The Morgan fingerprint density at radius 3 is 2.60 bits per heavy atom. The van der Waals surface area contributed by atoms with Crippen LogP contribution in [0.4, 0.5) is 0 Å². The van der Waals surface area contributed by atoms with Crippen molar-refractivity contribution in [2.24, 2.45) is 0 Å². The van der Waals surface area contributed by atoms with E-state index in [0.29, 0.717) is 5.56 Å². The second-order valence-corrected chi connectivity index (χ2v) is 7.01. The molecule has 112 valence electrons. The Balaban J connectivity index is 2.96. The molecule has 0 saturated heterocycles. The number of ether oxygens (including phenoxy) is 1. The van der Waals surface area contributed by atoms with E-state index in [1.807, 2.05) is 13.8 Å². The molecule has 1 atom stereocenters. The number of carbonyl (C=O) groups excluding carboxylic acids is 1. The number of hydrogen-bond donors (Lipinski definition) is 1. The monoisotopic (exact) mass is 319 g/mol. The van der Waals surface area contributed by atoms with Crippen LogP contribution in [0.5, 0.6) is 5.75 Å². The number of nitrogens with one attached hydrogen (secondary N) is 1. The maximum atomic E-state index is 11.8. The van der Waals surface area contributed by atoms with E-state index in [9.17, 15) is 13.2 Å². The molecule has 7 heteroatoms. The van der Waals surface area contributed by atoms with E-state index in [-0.39, 0.29) is 29.0 Å². The first-order chi connectivity index (χ1) is 9.27. The molecule has 1 aromatic rings. The number of hydrogen-bond acceptors (Lipinski definition) is 4. The molecule has 0 spiro atoms.